The van der Waals surface area contributed by atoms with Gasteiger partial charge in [0.2, 0.25) is 0 Å². The van der Waals surface area contributed by atoms with Crippen molar-refractivity contribution in [2.24, 2.45) is 0 Å². The Hall–Kier alpha value is -3.34. The summed E-state index contributed by atoms with van der Waals surface area (Å²) in [5, 5.41) is 3.01. The highest BCUT2D eigenvalue weighted by atomic mass is 19.1. The Morgan fingerprint density at radius 3 is 2.11 bits per heavy atom. The van der Waals surface area contributed by atoms with Crippen molar-refractivity contribution in [3.05, 3.63) is 94.8 Å². The van der Waals surface area contributed by atoms with E-state index in [1.165, 1.54) is 22.4 Å². The van der Waals surface area contributed by atoms with Gasteiger partial charge in [-0.1, -0.05) is 69.7 Å². The van der Waals surface area contributed by atoms with Crippen molar-refractivity contribution in [1.82, 2.24) is 0 Å². The monoisotopic (exact) mass is 486 g/mol. The van der Waals surface area contributed by atoms with Crippen LogP contribution in [-0.4, -0.2) is 25.8 Å². The van der Waals surface area contributed by atoms with Crippen LogP contribution in [0.15, 0.2) is 66.7 Å². The van der Waals surface area contributed by atoms with Gasteiger partial charge in [-0.15, -0.1) is 0 Å². The predicted molar refractivity (Wildman–Crippen MR) is 144 cm³/mol. The number of nitrogens with zero attached hydrogens (tertiary/aromatic N) is 1. The van der Waals surface area contributed by atoms with Crippen LogP contribution in [0.3, 0.4) is 0 Å². The minimum Gasteiger partial charge on any atom is -0.449 e. The molecule has 0 saturated heterocycles. The van der Waals surface area contributed by atoms with E-state index in [1.54, 1.807) is 12.1 Å². The summed E-state index contributed by atoms with van der Waals surface area (Å²) in [6, 6.07) is 21.7. The minimum atomic E-state index is -0.427. The van der Waals surface area contributed by atoms with Crippen molar-refractivity contribution >= 4 is 17.5 Å². The lowest BCUT2D eigenvalue weighted by Crippen LogP contribution is -2.47. The number of unbranched alkanes of at least 4 members (excludes halogenated alkanes) is 1. The number of halogens is 1. The Kier molecular flexibility index (Phi) is 6.50. The first-order valence-electron chi connectivity index (χ1n) is 13.0. The summed E-state index contributed by atoms with van der Waals surface area (Å²) in [5.41, 5.74) is 6.21. The molecule has 1 amide bonds. The molecule has 36 heavy (non-hydrogen) atoms. The molecule has 0 saturated carbocycles. The van der Waals surface area contributed by atoms with Gasteiger partial charge in [-0.2, -0.15) is 0 Å². The third-order valence-corrected chi connectivity index (χ3v) is 8.25. The number of carbonyl (C=O) groups excluding carboxylic acids is 1. The number of hydrogen-bond acceptors (Lipinski definition) is 3. The average Bonchev–Trinajstić information content (AvgIpc) is 2.89. The van der Waals surface area contributed by atoms with Gasteiger partial charge in [0.05, 0.1) is 6.61 Å². The molecule has 0 radical (unpaired) electrons. The number of ether oxygens (including phenoxy) is 1. The van der Waals surface area contributed by atoms with Crippen LogP contribution >= 0.6 is 0 Å². The number of amides is 1. The average molecular weight is 487 g/mol. The highest BCUT2D eigenvalue weighted by molar-refractivity contribution is 5.87. The van der Waals surface area contributed by atoms with Gasteiger partial charge >= 0.3 is 6.09 Å². The number of anilines is 2. The van der Waals surface area contributed by atoms with E-state index < -0.39 is 6.09 Å². The van der Waals surface area contributed by atoms with Gasteiger partial charge in [0.25, 0.3) is 0 Å². The predicted octanol–water partition coefficient (Wildman–Crippen LogP) is 7.40. The molecule has 0 spiro atoms. The van der Waals surface area contributed by atoms with E-state index in [4.69, 9.17) is 4.74 Å². The maximum absolute atomic E-state index is 13.8. The van der Waals surface area contributed by atoms with Crippen LogP contribution in [0, 0.1) is 5.82 Å². The number of nitrogens with one attached hydrogen (secondary N) is 1. The zero-order valence-corrected chi connectivity index (χ0v) is 21.4. The molecule has 3 aromatic rings. The van der Waals surface area contributed by atoms with Crippen LogP contribution < -0.4 is 10.2 Å². The number of carbonyl (C=O) groups is 1. The van der Waals surface area contributed by atoms with Crippen LogP contribution in [0.5, 0.6) is 0 Å². The Morgan fingerprint density at radius 2 is 1.53 bits per heavy atom. The molecule has 4 nitrogen and oxygen atoms in total. The summed E-state index contributed by atoms with van der Waals surface area (Å²) in [7, 11) is 0. The van der Waals surface area contributed by atoms with E-state index >= 15 is 0 Å². The third kappa shape index (κ3) is 4.25. The Bertz CT molecular complexity index is 1240. The number of hydrogen-bond donors (Lipinski definition) is 1. The summed E-state index contributed by atoms with van der Waals surface area (Å²) >= 11 is 0. The molecule has 3 aromatic carbocycles. The van der Waals surface area contributed by atoms with E-state index in [2.05, 4.69) is 67.4 Å². The van der Waals surface area contributed by atoms with E-state index in [1.807, 2.05) is 18.2 Å². The number of rotatable bonds is 6. The summed E-state index contributed by atoms with van der Waals surface area (Å²) in [6.07, 6.45) is 3.28. The summed E-state index contributed by atoms with van der Waals surface area (Å²) < 4.78 is 19.2. The van der Waals surface area contributed by atoms with Gasteiger partial charge in [-0.3, -0.25) is 5.32 Å². The molecule has 0 bridgehead atoms. The fraction of sp³-hybridized carbons (Fsp3) is 0.387. The van der Waals surface area contributed by atoms with Crippen molar-refractivity contribution in [2.75, 3.05) is 29.9 Å². The molecule has 5 heteroatoms. The molecule has 0 aliphatic carbocycles. The Balaban J connectivity index is 1.67. The smallest absolute Gasteiger partial charge is 0.411 e. The second-order valence-corrected chi connectivity index (χ2v) is 10.6. The van der Waals surface area contributed by atoms with Crippen molar-refractivity contribution in [3.63, 3.8) is 0 Å². The van der Waals surface area contributed by atoms with Crippen LogP contribution in [0.1, 0.15) is 68.7 Å². The summed E-state index contributed by atoms with van der Waals surface area (Å²) in [5.74, 6) is -0.233. The van der Waals surface area contributed by atoms with Crippen molar-refractivity contribution < 1.29 is 13.9 Å². The summed E-state index contributed by atoms with van der Waals surface area (Å²) in [4.78, 5) is 15.1. The molecule has 0 aromatic heterocycles. The van der Waals surface area contributed by atoms with Gasteiger partial charge in [0, 0.05) is 35.3 Å². The lowest BCUT2D eigenvalue weighted by Gasteiger charge is -2.50. The minimum absolute atomic E-state index is 0.202. The summed E-state index contributed by atoms with van der Waals surface area (Å²) in [6.45, 7) is 8.93. The quantitative estimate of drug-likeness (QED) is 0.369. The first-order valence-corrected chi connectivity index (χ1v) is 13.0. The van der Waals surface area contributed by atoms with Crippen molar-refractivity contribution in [3.8, 4) is 0 Å². The molecule has 0 unspecified atom stereocenters. The van der Waals surface area contributed by atoms with E-state index in [0.29, 0.717) is 6.61 Å². The molecule has 2 aliphatic rings. The maximum atomic E-state index is 13.8. The van der Waals surface area contributed by atoms with Gasteiger partial charge in [0.1, 0.15) is 5.82 Å². The normalized spacial score (nSPS) is 22.6. The highest BCUT2D eigenvalue weighted by Crippen LogP contribution is 2.54. The van der Waals surface area contributed by atoms with E-state index in [0.717, 1.165) is 50.0 Å². The SMILES string of the molecule is CCCCOC(=O)Nc1cc2c3c(c1)[C@](C)(c1ccc(F)cc1)CCN3CC[C@@]2(C)c1ccccc1. The molecule has 2 atom stereocenters. The highest BCUT2D eigenvalue weighted by Gasteiger charge is 2.45. The second kappa shape index (κ2) is 9.61. The Morgan fingerprint density at radius 1 is 0.944 bits per heavy atom. The van der Waals surface area contributed by atoms with Crippen LogP contribution in [0.4, 0.5) is 20.6 Å². The van der Waals surface area contributed by atoms with E-state index in [-0.39, 0.29) is 16.6 Å². The molecule has 188 valence electrons. The molecule has 2 heterocycles. The van der Waals surface area contributed by atoms with Crippen LogP contribution in [0.2, 0.25) is 0 Å². The molecular weight excluding hydrogens is 451 g/mol. The van der Waals surface area contributed by atoms with Gasteiger partial charge < -0.3 is 9.64 Å². The van der Waals surface area contributed by atoms with Crippen molar-refractivity contribution in [2.45, 2.75) is 57.3 Å². The van der Waals surface area contributed by atoms with Gasteiger partial charge in [0.15, 0.2) is 0 Å². The molecule has 0 fully saturated rings. The van der Waals surface area contributed by atoms with Crippen LogP contribution in [0.25, 0.3) is 0 Å². The first-order chi connectivity index (χ1) is 17.3. The fourth-order valence-electron chi connectivity index (χ4n) is 5.90. The molecule has 2 aliphatic heterocycles. The lowest BCUT2D eigenvalue weighted by molar-refractivity contribution is 0.160. The molecule has 5 rings (SSSR count). The first kappa shape index (κ1) is 24.4. The standard InChI is InChI=1S/C31H35FN2O2/c1-4-5-19-36-29(35)33-25-20-26-28-27(21-25)31(3,23-11-13-24(32)14-12-23)16-18-34(28)17-15-30(26,2)22-9-7-6-8-10-22/h6-14,20-21H,4-5,15-19H2,1-3H3,(H,33,35)/t30-,31-/m0/s1. The zero-order chi connectivity index (χ0) is 25.3. The van der Waals surface area contributed by atoms with Gasteiger partial charge in [-0.05, 0) is 65.8 Å². The number of benzene rings is 3. The van der Waals surface area contributed by atoms with E-state index in [9.17, 15) is 9.18 Å². The molecular formula is C31H35FN2O2. The fourth-order valence-corrected chi connectivity index (χ4v) is 5.90. The maximum Gasteiger partial charge on any atom is 0.411 e. The molecule has 1 N–H and O–H groups in total. The topological polar surface area (TPSA) is 41.6 Å². The lowest BCUT2D eigenvalue weighted by atomic mass is 9.64. The van der Waals surface area contributed by atoms with Crippen LogP contribution in [-0.2, 0) is 15.6 Å². The second-order valence-electron chi connectivity index (χ2n) is 10.6. The Labute approximate surface area is 213 Å². The van der Waals surface area contributed by atoms with Gasteiger partial charge in [-0.25, -0.2) is 9.18 Å². The van der Waals surface area contributed by atoms with Crippen molar-refractivity contribution in [1.29, 1.82) is 0 Å². The largest absolute Gasteiger partial charge is 0.449 e. The zero-order valence-electron chi connectivity index (χ0n) is 21.4. The third-order valence-electron chi connectivity index (χ3n) is 8.25.